The number of urea groups is 1. The molecular formula is C9H10F4N4O4. The molecule has 0 bridgehead atoms. The van der Waals surface area contributed by atoms with Crippen molar-refractivity contribution in [2.75, 3.05) is 20.3 Å². The molecular weight excluding hydrogens is 304 g/mol. The Balaban J connectivity index is 4.11. The van der Waals surface area contributed by atoms with E-state index in [1.165, 1.54) is 6.07 Å². The predicted molar refractivity (Wildman–Crippen MR) is 58.5 cm³/mol. The maximum absolute atomic E-state index is 12.3. The Kier molecular flexibility index (Phi) is 7.69. The molecule has 0 atom stereocenters. The Labute approximate surface area is 115 Å². The summed E-state index contributed by atoms with van der Waals surface area (Å²) in [5, 5.41) is 15.0. The van der Waals surface area contributed by atoms with Gasteiger partial charge in [-0.15, -0.1) is 0 Å². The van der Waals surface area contributed by atoms with Gasteiger partial charge in [0.1, 0.15) is 13.2 Å². The minimum atomic E-state index is -4.63. The zero-order valence-corrected chi connectivity index (χ0v) is 10.5. The molecule has 8 nitrogen and oxygen atoms in total. The molecule has 118 valence electrons. The van der Waals surface area contributed by atoms with Crippen molar-refractivity contribution in [1.82, 2.24) is 10.6 Å². The van der Waals surface area contributed by atoms with Crippen LogP contribution in [-0.4, -0.2) is 50.4 Å². The molecule has 12 heteroatoms. The van der Waals surface area contributed by atoms with Crippen LogP contribution in [0.2, 0.25) is 0 Å². The summed E-state index contributed by atoms with van der Waals surface area (Å²) >= 11 is 0. The largest absolute Gasteiger partial charge is 0.416 e. The summed E-state index contributed by atoms with van der Waals surface area (Å²) in [6, 6.07) is 0.170. The average Bonchev–Trinajstić information content (AvgIpc) is 2.40. The van der Waals surface area contributed by atoms with Crippen LogP contribution in [0, 0.1) is 11.3 Å². The highest BCUT2D eigenvalue weighted by Gasteiger charge is 2.42. The van der Waals surface area contributed by atoms with Crippen LogP contribution in [0.1, 0.15) is 0 Å². The second-order valence-electron chi connectivity index (χ2n) is 3.16. The van der Waals surface area contributed by atoms with E-state index in [-0.39, 0.29) is 0 Å². The summed E-state index contributed by atoms with van der Waals surface area (Å²) in [5.74, 6) is -1.20. The minimum Gasteiger partial charge on any atom is -0.398 e. The van der Waals surface area contributed by atoms with Gasteiger partial charge in [0.2, 0.25) is 5.71 Å². The van der Waals surface area contributed by atoms with Gasteiger partial charge in [-0.1, -0.05) is 5.16 Å². The number of hydrogen-bond acceptors (Lipinski definition) is 6. The van der Waals surface area contributed by atoms with Crippen molar-refractivity contribution in [2.45, 2.75) is 12.5 Å². The summed E-state index contributed by atoms with van der Waals surface area (Å²) in [7, 11) is 1.06. The first kappa shape index (κ1) is 18.6. The van der Waals surface area contributed by atoms with Gasteiger partial charge >= 0.3 is 18.6 Å². The van der Waals surface area contributed by atoms with Crippen molar-refractivity contribution < 1.29 is 36.7 Å². The lowest BCUT2D eigenvalue weighted by molar-refractivity contribution is -0.299. The summed E-state index contributed by atoms with van der Waals surface area (Å²) in [4.78, 5) is 26.5. The molecule has 0 rings (SSSR count). The van der Waals surface area contributed by atoms with Crippen molar-refractivity contribution in [3.63, 3.8) is 0 Å². The molecule has 0 radical (unpaired) electrons. The molecule has 0 fully saturated rings. The van der Waals surface area contributed by atoms with E-state index >= 15 is 0 Å². The monoisotopic (exact) mass is 314 g/mol. The molecule has 2 N–H and O–H groups in total. The summed E-state index contributed by atoms with van der Waals surface area (Å²) in [6.45, 7) is -1.50. The molecule has 3 amide bonds. The average molecular weight is 314 g/mol. The fourth-order valence-electron chi connectivity index (χ4n) is 0.825. The lowest BCUT2D eigenvalue weighted by Gasteiger charge is -2.15. The van der Waals surface area contributed by atoms with Gasteiger partial charge in [0, 0.05) is 6.54 Å². The van der Waals surface area contributed by atoms with Gasteiger partial charge < -0.3 is 14.9 Å². The maximum Gasteiger partial charge on any atom is 0.416 e. The molecule has 0 aromatic carbocycles. The first-order valence-electron chi connectivity index (χ1n) is 5.15. The third-order valence-corrected chi connectivity index (χ3v) is 1.67. The zero-order chi connectivity index (χ0) is 16.5. The highest BCUT2D eigenvalue weighted by atomic mass is 19.3. The Bertz CT molecular complexity index is 450. The van der Waals surface area contributed by atoms with Gasteiger partial charge in [0.05, 0.1) is 6.61 Å². The Hall–Kier alpha value is -2.42. The molecule has 0 aromatic rings. The predicted octanol–water partition coefficient (Wildman–Crippen LogP) is 0.213. The number of nitriles is 1. The number of amides is 3. The number of imide groups is 1. The van der Waals surface area contributed by atoms with Gasteiger partial charge in [-0.3, -0.25) is 10.1 Å². The molecule has 0 saturated heterocycles. The first-order valence-corrected chi connectivity index (χ1v) is 5.15. The van der Waals surface area contributed by atoms with Crippen LogP contribution in [0.15, 0.2) is 5.16 Å². The number of nitrogens with one attached hydrogen (secondary N) is 2. The summed E-state index contributed by atoms with van der Waals surface area (Å²) in [5.41, 5.74) is -0.756. The number of ether oxygens (including phenoxy) is 1. The van der Waals surface area contributed by atoms with Crippen molar-refractivity contribution in [1.29, 1.82) is 5.26 Å². The van der Waals surface area contributed by atoms with Crippen molar-refractivity contribution >= 4 is 17.6 Å². The van der Waals surface area contributed by atoms with E-state index in [4.69, 9.17) is 5.26 Å². The number of carbonyl (C=O) groups excluding carboxylic acids is 2. The van der Waals surface area contributed by atoms with E-state index in [0.29, 0.717) is 0 Å². The first-order chi connectivity index (χ1) is 9.74. The van der Waals surface area contributed by atoms with E-state index in [1.807, 2.05) is 5.32 Å². The zero-order valence-electron chi connectivity index (χ0n) is 10.5. The normalized spacial score (nSPS) is 11.8. The molecule has 0 aliphatic heterocycles. The van der Waals surface area contributed by atoms with Gasteiger partial charge in [0.25, 0.3) is 5.91 Å². The van der Waals surface area contributed by atoms with Crippen LogP contribution >= 0.6 is 0 Å². The van der Waals surface area contributed by atoms with Crippen LogP contribution in [-0.2, 0) is 14.4 Å². The van der Waals surface area contributed by atoms with Crippen LogP contribution in [0.4, 0.5) is 22.4 Å². The lowest BCUT2D eigenvalue weighted by atomic mass is 10.4. The van der Waals surface area contributed by atoms with E-state index in [0.717, 1.165) is 7.11 Å². The summed E-state index contributed by atoms with van der Waals surface area (Å²) in [6.07, 6.45) is -8.64. The SMILES string of the molecule is CON=C(C#N)C(=O)NC(=O)NCCOC(F)(F)C(F)F. The fourth-order valence-corrected chi connectivity index (χ4v) is 0.825. The second kappa shape index (κ2) is 8.69. The quantitative estimate of drug-likeness (QED) is 0.302. The van der Waals surface area contributed by atoms with E-state index < -0.39 is 43.3 Å². The molecule has 0 heterocycles. The van der Waals surface area contributed by atoms with Gasteiger partial charge in [-0.2, -0.15) is 14.0 Å². The lowest BCUT2D eigenvalue weighted by Crippen LogP contribution is -2.44. The van der Waals surface area contributed by atoms with Gasteiger partial charge in [-0.05, 0) is 0 Å². The highest BCUT2D eigenvalue weighted by Crippen LogP contribution is 2.23. The number of hydrogen-bond donors (Lipinski definition) is 2. The van der Waals surface area contributed by atoms with Gasteiger partial charge in [-0.25, -0.2) is 13.6 Å². The molecule has 0 aliphatic rings. The molecule has 21 heavy (non-hydrogen) atoms. The third kappa shape index (κ3) is 7.06. The van der Waals surface area contributed by atoms with E-state index in [1.54, 1.807) is 5.32 Å². The summed E-state index contributed by atoms with van der Waals surface area (Å²) < 4.78 is 51.5. The number of halogens is 4. The van der Waals surface area contributed by atoms with Crippen molar-refractivity contribution in [2.24, 2.45) is 5.16 Å². The van der Waals surface area contributed by atoms with E-state index in [2.05, 4.69) is 14.7 Å². The van der Waals surface area contributed by atoms with Gasteiger partial charge in [0.15, 0.2) is 0 Å². The molecule has 0 spiro atoms. The number of oxime groups is 1. The number of rotatable bonds is 7. The number of alkyl halides is 4. The topological polar surface area (TPSA) is 113 Å². The molecule has 0 unspecified atom stereocenters. The van der Waals surface area contributed by atoms with Crippen LogP contribution in [0.25, 0.3) is 0 Å². The Morgan fingerprint density at radius 1 is 1.43 bits per heavy atom. The second-order valence-corrected chi connectivity index (χ2v) is 3.16. The van der Waals surface area contributed by atoms with Crippen molar-refractivity contribution in [3.05, 3.63) is 0 Å². The minimum absolute atomic E-state index is 0.579. The Morgan fingerprint density at radius 3 is 2.52 bits per heavy atom. The molecule has 0 aromatic heterocycles. The van der Waals surface area contributed by atoms with E-state index in [9.17, 15) is 27.2 Å². The van der Waals surface area contributed by atoms with Crippen molar-refractivity contribution in [3.8, 4) is 6.07 Å². The smallest absolute Gasteiger partial charge is 0.398 e. The molecule has 0 aliphatic carbocycles. The maximum atomic E-state index is 12.3. The van der Waals surface area contributed by atoms with Crippen LogP contribution in [0.3, 0.4) is 0 Å². The fraction of sp³-hybridized carbons (Fsp3) is 0.556. The third-order valence-electron chi connectivity index (χ3n) is 1.67. The highest BCUT2D eigenvalue weighted by molar-refractivity contribution is 6.46. The number of carbonyl (C=O) groups is 2. The van der Waals surface area contributed by atoms with Crippen LogP contribution < -0.4 is 10.6 Å². The standard InChI is InChI=1S/C9H10F4N4O4/c1-20-17-5(4-14)6(18)16-8(19)15-2-3-21-9(12,13)7(10)11/h7H,2-3H2,1H3,(H2,15,16,18,19). The molecule has 0 saturated carbocycles. The van der Waals surface area contributed by atoms with Crippen LogP contribution in [0.5, 0.6) is 0 Å². The Morgan fingerprint density at radius 2 is 2.05 bits per heavy atom. The number of nitrogens with zero attached hydrogens (tertiary/aromatic N) is 2.